The summed E-state index contributed by atoms with van der Waals surface area (Å²) in [5, 5.41) is 0. The molecule has 3 nitrogen and oxygen atoms in total. The van der Waals surface area contributed by atoms with Crippen molar-refractivity contribution in [1.29, 1.82) is 0 Å². The van der Waals surface area contributed by atoms with Gasteiger partial charge in [0.25, 0.3) is 0 Å². The van der Waals surface area contributed by atoms with Crippen molar-refractivity contribution in [1.82, 2.24) is 4.90 Å². The summed E-state index contributed by atoms with van der Waals surface area (Å²) in [6.45, 7) is 11.7. The van der Waals surface area contributed by atoms with E-state index in [1.807, 2.05) is 0 Å². The lowest BCUT2D eigenvalue weighted by atomic mass is 9.87. The van der Waals surface area contributed by atoms with Crippen LogP contribution in [-0.2, 0) is 4.74 Å². The molecule has 0 radical (unpaired) electrons. The van der Waals surface area contributed by atoms with Gasteiger partial charge in [-0.15, -0.1) is 0 Å². The summed E-state index contributed by atoms with van der Waals surface area (Å²) in [5.74, 6) is 0. The van der Waals surface area contributed by atoms with E-state index in [1.54, 1.807) is 0 Å². The lowest BCUT2D eigenvalue weighted by molar-refractivity contribution is 0.0606. The Labute approximate surface area is 94.0 Å². The van der Waals surface area contributed by atoms with Crippen molar-refractivity contribution in [3.8, 4) is 0 Å². The first-order valence-corrected chi connectivity index (χ1v) is 6.13. The van der Waals surface area contributed by atoms with Crippen LogP contribution in [0.3, 0.4) is 0 Å². The summed E-state index contributed by atoms with van der Waals surface area (Å²) >= 11 is 0. The van der Waals surface area contributed by atoms with Gasteiger partial charge in [-0.05, 0) is 31.7 Å². The molecule has 1 rings (SSSR count). The maximum absolute atomic E-state index is 5.85. The largest absolute Gasteiger partial charge is 0.377 e. The molecule has 0 aliphatic carbocycles. The van der Waals surface area contributed by atoms with Gasteiger partial charge in [0.05, 0.1) is 6.10 Å². The highest BCUT2D eigenvalue weighted by molar-refractivity contribution is 4.80. The van der Waals surface area contributed by atoms with Crippen molar-refractivity contribution in [3.63, 3.8) is 0 Å². The summed E-state index contributed by atoms with van der Waals surface area (Å²) in [6, 6.07) is 0. The SMILES string of the molecule is CCC(C)(CN)CN1CCCOC(C)C1. The predicted octanol–water partition coefficient (Wildman–Crippen LogP) is 1.47. The summed E-state index contributed by atoms with van der Waals surface area (Å²) in [6.07, 6.45) is 2.66. The molecule has 0 aromatic carbocycles. The Hall–Kier alpha value is -0.120. The minimum atomic E-state index is 0.268. The Bertz CT molecular complexity index is 180. The van der Waals surface area contributed by atoms with Gasteiger partial charge < -0.3 is 15.4 Å². The van der Waals surface area contributed by atoms with Crippen LogP contribution in [0.4, 0.5) is 0 Å². The van der Waals surface area contributed by atoms with Crippen LogP contribution in [0, 0.1) is 5.41 Å². The van der Waals surface area contributed by atoms with E-state index in [0.717, 1.165) is 45.6 Å². The minimum absolute atomic E-state index is 0.268. The van der Waals surface area contributed by atoms with Crippen molar-refractivity contribution < 1.29 is 4.74 Å². The average Bonchev–Trinajstić information content (AvgIpc) is 2.42. The summed E-state index contributed by atoms with van der Waals surface area (Å²) < 4.78 is 5.64. The van der Waals surface area contributed by atoms with Crippen LogP contribution in [0.25, 0.3) is 0 Å². The second kappa shape index (κ2) is 5.83. The van der Waals surface area contributed by atoms with E-state index >= 15 is 0 Å². The molecule has 0 amide bonds. The Morgan fingerprint density at radius 1 is 1.53 bits per heavy atom. The summed E-state index contributed by atoms with van der Waals surface area (Å²) in [4.78, 5) is 2.51. The first-order valence-electron chi connectivity index (χ1n) is 6.13. The van der Waals surface area contributed by atoms with Gasteiger partial charge in [0.15, 0.2) is 0 Å². The minimum Gasteiger partial charge on any atom is -0.377 e. The molecular formula is C12H26N2O. The molecule has 1 saturated heterocycles. The molecule has 2 N–H and O–H groups in total. The molecule has 1 aliphatic rings. The van der Waals surface area contributed by atoms with Crippen LogP contribution in [0.15, 0.2) is 0 Å². The molecule has 0 saturated carbocycles. The smallest absolute Gasteiger partial charge is 0.0673 e. The predicted molar refractivity (Wildman–Crippen MR) is 63.9 cm³/mol. The van der Waals surface area contributed by atoms with Crippen LogP contribution < -0.4 is 5.73 Å². The van der Waals surface area contributed by atoms with Gasteiger partial charge in [0.2, 0.25) is 0 Å². The van der Waals surface area contributed by atoms with Gasteiger partial charge in [0.1, 0.15) is 0 Å². The highest BCUT2D eigenvalue weighted by atomic mass is 16.5. The van der Waals surface area contributed by atoms with Crippen molar-refractivity contribution in [3.05, 3.63) is 0 Å². The van der Waals surface area contributed by atoms with Crippen LogP contribution >= 0.6 is 0 Å². The molecule has 1 aliphatic heterocycles. The fourth-order valence-electron chi connectivity index (χ4n) is 2.08. The second-order valence-electron chi connectivity index (χ2n) is 5.14. The van der Waals surface area contributed by atoms with Crippen LogP contribution in [0.1, 0.15) is 33.6 Å². The van der Waals surface area contributed by atoms with Crippen molar-refractivity contribution >= 4 is 0 Å². The van der Waals surface area contributed by atoms with Crippen LogP contribution in [0.5, 0.6) is 0 Å². The number of nitrogens with zero attached hydrogens (tertiary/aromatic N) is 1. The zero-order chi connectivity index (χ0) is 11.3. The molecule has 2 unspecified atom stereocenters. The van der Waals surface area contributed by atoms with Crippen LogP contribution in [-0.4, -0.2) is 43.8 Å². The van der Waals surface area contributed by atoms with E-state index in [9.17, 15) is 0 Å². The quantitative estimate of drug-likeness (QED) is 0.770. The van der Waals surface area contributed by atoms with Crippen molar-refractivity contribution in [2.75, 3.05) is 32.8 Å². The molecule has 3 heteroatoms. The van der Waals surface area contributed by atoms with Crippen molar-refractivity contribution in [2.24, 2.45) is 11.1 Å². The molecule has 90 valence electrons. The van der Waals surface area contributed by atoms with Gasteiger partial charge in [0, 0.05) is 26.2 Å². The van der Waals surface area contributed by atoms with Crippen LogP contribution in [0.2, 0.25) is 0 Å². The molecule has 0 spiro atoms. The normalized spacial score (nSPS) is 28.4. The van der Waals surface area contributed by atoms with E-state index in [1.165, 1.54) is 0 Å². The number of nitrogens with two attached hydrogens (primary N) is 1. The topological polar surface area (TPSA) is 38.5 Å². The van der Waals surface area contributed by atoms with Gasteiger partial charge >= 0.3 is 0 Å². The average molecular weight is 214 g/mol. The first kappa shape index (κ1) is 12.9. The number of rotatable bonds is 4. The molecule has 0 aromatic rings. The molecule has 1 fully saturated rings. The standard InChI is InChI=1S/C12H26N2O/c1-4-12(3,9-13)10-14-6-5-7-15-11(2)8-14/h11H,4-10,13H2,1-3H3. The molecule has 1 heterocycles. The number of ether oxygens (including phenoxy) is 1. The highest BCUT2D eigenvalue weighted by Gasteiger charge is 2.25. The fourth-order valence-corrected chi connectivity index (χ4v) is 2.08. The Kier molecular flexibility index (Phi) is 5.03. The van der Waals surface area contributed by atoms with E-state index in [-0.39, 0.29) is 5.41 Å². The van der Waals surface area contributed by atoms with Gasteiger partial charge in [-0.25, -0.2) is 0 Å². The Morgan fingerprint density at radius 3 is 2.87 bits per heavy atom. The van der Waals surface area contributed by atoms with E-state index in [0.29, 0.717) is 6.10 Å². The molecule has 0 aromatic heterocycles. The van der Waals surface area contributed by atoms with E-state index in [2.05, 4.69) is 25.7 Å². The third kappa shape index (κ3) is 4.09. The van der Waals surface area contributed by atoms with E-state index in [4.69, 9.17) is 10.5 Å². The molecule has 15 heavy (non-hydrogen) atoms. The Balaban J connectivity index is 2.47. The third-order valence-corrected chi connectivity index (χ3v) is 3.49. The fraction of sp³-hybridized carbons (Fsp3) is 1.00. The monoisotopic (exact) mass is 214 g/mol. The third-order valence-electron chi connectivity index (χ3n) is 3.49. The second-order valence-corrected chi connectivity index (χ2v) is 5.14. The maximum atomic E-state index is 5.85. The van der Waals surface area contributed by atoms with Gasteiger partial charge in [-0.2, -0.15) is 0 Å². The lowest BCUT2D eigenvalue weighted by Gasteiger charge is -2.33. The maximum Gasteiger partial charge on any atom is 0.0673 e. The first-order chi connectivity index (χ1) is 7.09. The number of hydrogen-bond acceptors (Lipinski definition) is 3. The lowest BCUT2D eigenvalue weighted by Crippen LogP contribution is -2.42. The zero-order valence-electron chi connectivity index (χ0n) is 10.5. The summed E-state index contributed by atoms with van der Waals surface area (Å²) in [5.41, 5.74) is 6.12. The molecule has 0 bridgehead atoms. The summed E-state index contributed by atoms with van der Waals surface area (Å²) in [7, 11) is 0. The highest BCUT2D eigenvalue weighted by Crippen LogP contribution is 2.22. The Morgan fingerprint density at radius 2 is 2.27 bits per heavy atom. The van der Waals surface area contributed by atoms with Gasteiger partial charge in [-0.1, -0.05) is 13.8 Å². The molecular weight excluding hydrogens is 188 g/mol. The zero-order valence-corrected chi connectivity index (χ0v) is 10.5. The van der Waals surface area contributed by atoms with Crippen molar-refractivity contribution in [2.45, 2.75) is 39.7 Å². The van der Waals surface area contributed by atoms with Gasteiger partial charge in [-0.3, -0.25) is 0 Å². The number of hydrogen-bond donors (Lipinski definition) is 1. The molecule has 2 atom stereocenters. The van der Waals surface area contributed by atoms with E-state index < -0.39 is 0 Å².